The number of benzene rings is 1. The molecule has 0 spiro atoms. The lowest BCUT2D eigenvalue weighted by atomic mass is 10.1. The van der Waals surface area contributed by atoms with Gasteiger partial charge in [0, 0.05) is 17.5 Å². The molecule has 1 N–H and O–H groups in total. The van der Waals surface area contributed by atoms with Crippen LogP contribution < -0.4 is 5.32 Å². The molecule has 0 saturated carbocycles. The lowest BCUT2D eigenvalue weighted by Crippen LogP contribution is -2.40. The van der Waals surface area contributed by atoms with Crippen LogP contribution in [0.4, 0.5) is 13.2 Å². The van der Waals surface area contributed by atoms with Gasteiger partial charge in [0.25, 0.3) is 5.91 Å². The van der Waals surface area contributed by atoms with Crippen molar-refractivity contribution in [2.45, 2.75) is 19.9 Å². The Balaban J connectivity index is 2.91. The van der Waals surface area contributed by atoms with E-state index in [2.05, 4.69) is 5.32 Å². The van der Waals surface area contributed by atoms with Crippen LogP contribution >= 0.6 is 11.6 Å². The Morgan fingerprint density at radius 1 is 1.28 bits per heavy atom. The van der Waals surface area contributed by atoms with Crippen LogP contribution in [-0.4, -0.2) is 17.8 Å². The second-order valence-electron chi connectivity index (χ2n) is 4.23. The van der Waals surface area contributed by atoms with E-state index < -0.39 is 23.4 Å². The molecule has 1 unspecified atom stereocenters. The molecule has 0 fully saturated rings. The van der Waals surface area contributed by atoms with Crippen molar-refractivity contribution in [2.24, 2.45) is 5.92 Å². The zero-order valence-electron chi connectivity index (χ0n) is 9.94. The van der Waals surface area contributed by atoms with E-state index in [1.165, 1.54) is 0 Å². The number of carbonyl (C=O) groups is 1. The van der Waals surface area contributed by atoms with E-state index in [0.29, 0.717) is 12.1 Å². The molecule has 0 aromatic heterocycles. The molecule has 0 saturated heterocycles. The molecule has 6 heteroatoms. The molecule has 0 aliphatic carbocycles. The summed E-state index contributed by atoms with van der Waals surface area (Å²) in [4.78, 5) is 11.7. The summed E-state index contributed by atoms with van der Waals surface area (Å²) in [5, 5.41) is 2.53. The SMILES string of the molecule is CC(C)C(CCl)NC(=O)c1cc(F)c(F)c(F)c1. The van der Waals surface area contributed by atoms with Crippen molar-refractivity contribution >= 4 is 17.5 Å². The van der Waals surface area contributed by atoms with Crippen molar-refractivity contribution in [1.82, 2.24) is 5.32 Å². The molecule has 0 aliphatic rings. The highest BCUT2D eigenvalue weighted by atomic mass is 35.5. The lowest BCUT2D eigenvalue weighted by Gasteiger charge is -2.19. The van der Waals surface area contributed by atoms with Crippen LogP contribution in [0.5, 0.6) is 0 Å². The van der Waals surface area contributed by atoms with Crippen molar-refractivity contribution < 1.29 is 18.0 Å². The molecule has 1 rings (SSSR count). The molecule has 18 heavy (non-hydrogen) atoms. The van der Waals surface area contributed by atoms with Crippen LogP contribution in [0.2, 0.25) is 0 Å². The Morgan fingerprint density at radius 2 is 1.78 bits per heavy atom. The monoisotopic (exact) mass is 279 g/mol. The van der Waals surface area contributed by atoms with Crippen LogP contribution in [0.3, 0.4) is 0 Å². The minimum Gasteiger partial charge on any atom is -0.348 e. The van der Waals surface area contributed by atoms with E-state index in [-0.39, 0.29) is 23.4 Å². The number of hydrogen-bond acceptors (Lipinski definition) is 1. The average Bonchev–Trinajstić information content (AvgIpc) is 2.31. The first-order valence-corrected chi connectivity index (χ1v) is 5.91. The maximum Gasteiger partial charge on any atom is 0.251 e. The fourth-order valence-electron chi connectivity index (χ4n) is 1.32. The van der Waals surface area contributed by atoms with Crippen LogP contribution in [0.1, 0.15) is 24.2 Å². The maximum absolute atomic E-state index is 13.0. The molecule has 0 radical (unpaired) electrons. The molecular formula is C12H13ClF3NO. The van der Waals surface area contributed by atoms with Crippen LogP contribution in [-0.2, 0) is 0 Å². The van der Waals surface area contributed by atoms with Gasteiger partial charge in [0.05, 0.1) is 0 Å². The third-order valence-corrected chi connectivity index (χ3v) is 2.87. The third-order valence-electron chi connectivity index (χ3n) is 2.53. The number of alkyl halides is 1. The van der Waals surface area contributed by atoms with Gasteiger partial charge < -0.3 is 5.32 Å². The van der Waals surface area contributed by atoms with Gasteiger partial charge in [0.2, 0.25) is 0 Å². The number of halogens is 4. The van der Waals surface area contributed by atoms with Crippen molar-refractivity contribution in [3.63, 3.8) is 0 Å². The van der Waals surface area contributed by atoms with E-state index in [0.717, 1.165) is 0 Å². The normalized spacial score (nSPS) is 12.6. The van der Waals surface area contributed by atoms with Gasteiger partial charge in [-0.15, -0.1) is 11.6 Å². The van der Waals surface area contributed by atoms with E-state index in [1.54, 1.807) is 0 Å². The number of rotatable bonds is 4. The van der Waals surface area contributed by atoms with Crippen LogP contribution in [0, 0.1) is 23.4 Å². The fourth-order valence-corrected chi connectivity index (χ4v) is 1.76. The Bertz CT molecular complexity index is 428. The number of nitrogens with one attached hydrogen (secondary N) is 1. The second kappa shape index (κ2) is 6.09. The molecule has 0 aliphatic heterocycles. The molecule has 2 nitrogen and oxygen atoms in total. The third kappa shape index (κ3) is 3.38. The van der Waals surface area contributed by atoms with E-state index in [4.69, 9.17) is 11.6 Å². The highest BCUT2D eigenvalue weighted by Gasteiger charge is 2.19. The highest BCUT2D eigenvalue weighted by molar-refractivity contribution is 6.18. The molecule has 1 aromatic carbocycles. The first kappa shape index (κ1) is 14.8. The Hall–Kier alpha value is -1.23. The summed E-state index contributed by atoms with van der Waals surface area (Å²) in [6.07, 6.45) is 0. The van der Waals surface area contributed by atoms with E-state index >= 15 is 0 Å². The predicted molar refractivity (Wildman–Crippen MR) is 63.1 cm³/mol. The number of carbonyl (C=O) groups excluding carboxylic acids is 1. The number of hydrogen-bond donors (Lipinski definition) is 1. The van der Waals surface area contributed by atoms with Gasteiger partial charge in [-0.2, -0.15) is 0 Å². The zero-order chi connectivity index (χ0) is 13.9. The topological polar surface area (TPSA) is 29.1 Å². The first-order valence-electron chi connectivity index (χ1n) is 5.38. The molecular weight excluding hydrogens is 267 g/mol. The van der Waals surface area contributed by atoms with Gasteiger partial charge in [-0.3, -0.25) is 4.79 Å². The lowest BCUT2D eigenvalue weighted by molar-refractivity contribution is 0.0930. The minimum atomic E-state index is -1.59. The Morgan fingerprint density at radius 3 is 2.17 bits per heavy atom. The molecule has 1 aromatic rings. The summed E-state index contributed by atoms with van der Waals surface area (Å²) in [5.41, 5.74) is -0.276. The van der Waals surface area contributed by atoms with Crippen LogP contribution in [0.15, 0.2) is 12.1 Å². The van der Waals surface area contributed by atoms with Crippen molar-refractivity contribution in [3.8, 4) is 0 Å². The fraction of sp³-hybridized carbons (Fsp3) is 0.417. The smallest absolute Gasteiger partial charge is 0.251 e. The average molecular weight is 280 g/mol. The largest absolute Gasteiger partial charge is 0.348 e. The molecule has 100 valence electrons. The Kier molecular flexibility index (Phi) is 5.02. The summed E-state index contributed by atoms with van der Waals surface area (Å²) >= 11 is 5.66. The van der Waals surface area contributed by atoms with E-state index in [9.17, 15) is 18.0 Å². The minimum absolute atomic E-state index is 0.0709. The predicted octanol–water partition coefficient (Wildman–Crippen LogP) is 3.10. The maximum atomic E-state index is 13.0. The van der Waals surface area contributed by atoms with Gasteiger partial charge in [0.15, 0.2) is 17.5 Å². The first-order chi connectivity index (χ1) is 8.36. The summed E-state index contributed by atoms with van der Waals surface area (Å²) in [6.45, 7) is 3.69. The van der Waals surface area contributed by atoms with Crippen molar-refractivity contribution in [1.29, 1.82) is 0 Å². The highest BCUT2D eigenvalue weighted by Crippen LogP contribution is 2.14. The second-order valence-corrected chi connectivity index (χ2v) is 4.54. The summed E-state index contributed by atoms with van der Waals surface area (Å²) in [6, 6.07) is 0.981. The molecule has 0 bridgehead atoms. The van der Waals surface area contributed by atoms with Crippen LogP contribution in [0.25, 0.3) is 0 Å². The summed E-state index contributed by atoms with van der Waals surface area (Å²) in [7, 11) is 0. The Labute approximate surface area is 108 Å². The van der Waals surface area contributed by atoms with E-state index in [1.807, 2.05) is 13.8 Å². The van der Waals surface area contributed by atoms with Gasteiger partial charge in [-0.05, 0) is 18.1 Å². The zero-order valence-corrected chi connectivity index (χ0v) is 10.7. The standard InChI is InChI=1S/C12H13ClF3NO/c1-6(2)10(5-13)17-12(18)7-3-8(14)11(16)9(15)4-7/h3-4,6,10H,5H2,1-2H3,(H,17,18). The van der Waals surface area contributed by atoms with Crippen molar-refractivity contribution in [3.05, 3.63) is 35.1 Å². The van der Waals surface area contributed by atoms with Crippen molar-refractivity contribution in [2.75, 3.05) is 5.88 Å². The summed E-state index contributed by atoms with van der Waals surface area (Å²) in [5.74, 6) is -4.83. The molecule has 0 heterocycles. The molecule has 1 atom stereocenters. The van der Waals surface area contributed by atoms with Gasteiger partial charge >= 0.3 is 0 Å². The van der Waals surface area contributed by atoms with Gasteiger partial charge in [0.1, 0.15) is 0 Å². The number of amides is 1. The summed E-state index contributed by atoms with van der Waals surface area (Å²) < 4.78 is 38.6. The van der Waals surface area contributed by atoms with Gasteiger partial charge in [-0.1, -0.05) is 13.8 Å². The quantitative estimate of drug-likeness (QED) is 0.666. The van der Waals surface area contributed by atoms with Gasteiger partial charge in [-0.25, -0.2) is 13.2 Å². The molecule has 1 amide bonds.